The first kappa shape index (κ1) is 15.7. The Morgan fingerprint density at radius 3 is 2.23 bits per heavy atom. The van der Waals surface area contributed by atoms with Gasteiger partial charge in [0.25, 0.3) is 21.9 Å². The molecule has 1 aliphatic rings. The Hall–Kier alpha value is -2.72. The standard InChI is InChI=1S/C12H10N2O7S/c1-21-8-3-2-6(5-9(8)22(18,19)20)4-7-10(15)13-12(17)14-11(7)16/h2-5H,1H3,(H,18,19,20)(H2,13,14,15,16,17). The van der Waals surface area contributed by atoms with E-state index in [2.05, 4.69) is 0 Å². The number of methoxy groups -OCH3 is 1. The van der Waals surface area contributed by atoms with Crippen molar-refractivity contribution in [2.75, 3.05) is 7.11 Å². The van der Waals surface area contributed by atoms with Gasteiger partial charge in [0.15, 0.2) is 0 Å². The molecule has 10 heteroatoms. The summed E-state index contributed by atoms with van der Waals surface area (Å²) in [6.45, 7) is 0. The van der Waals surface area contributed by atoms with E-state index in [1.165, 1.54) is 19.2 Å². The van der Waals surface area contributed by atoms with E-state index in [-0.39, 0.29) is 16.9 Å². The molecule has 4 amide bonds. The van der Waals surface area contributed by atoms with Crippen LogP contribution in [0.1, 0.15) is 5.56 Å². The highest BCUT2D eigenvalue weighted by molar-refractivity contribution is 7.86. The van der Waals surface area contributed by atoms with E-state index in [0.717, 1.165) is 12.1 Å². The van der Waals surface area contributed by atoms with Gasteiger partial charge in [0.2, 0.25) is 0 Å². The highest BCUT2D eigenvalue weighted by Crippen LogP contribution is 2.25. The molecule has 0 aromatic heterocycles. The summed E-state index contributed by atoms with van der Waals surface area (Å²) in [6, 6.07) is 2.70. The molecule has 22 heavy (non-hydrogen) atoms. The summed E-state index contributed by atoms with van der Waals surface area (Å²) in [4.78, 5) is 33.6. The average Bonchev–Trinajstić information content (AvgIpc) is 2.41. The topological polar surface area (TPSA) is 139 Å². The van der Waals surface area contributed by atoms with Crippen LogP contribution in [0.15, 0.2) is 28.7 Å². The number of rotatable bonds is 3. The monoisotopic (exact) mass is 326 g/mol. The van der Waals surface area contributed by atoms with Crippen molar-refractivity contribution in [1.29, 1.82) is 0 Å². The fourth-order valence-electron chi connectivity index (χ4n) is 1.76. The van der Waals surface area contributed by atoms with Gasteiger partial charge in [-0.25, -0.2) is 4.79 Å². The number of nitrogens with one attached hydrogen (secondary N) is 2. The number of amides is 4. The quantitative estimate of drug-likeness (QED) is 0.393. The Kier molecular flexibility index (Phi) is 3.97. The second-order valence-corrected chi connectivity index (χ2v) is 5.57. The van der Waals surface area contributed by atoms with Gasteiger partial charge in [-0.2, -0.15) is 8.42 Å². The summed E-state index contributed by atoms with van der Waals surface area (Å²) < 4.78 is 36.5. The van der Waals surface area contributed by atoms with E-state index in [0.29, 0.717) is 0 Å². The summed E-state index contributed by atoms with van der Waals surface area (Å²) in [6.07, 6.45) is 1.07. The second kappa shape index (κ2) is 5.58. The van der Waals surface area contributed by atoms with Crippen LogP contribution in [0.4, 0.5) is 4.79 Å². The lowest BCUT2D eigenvalue weighted by Gasteiger charge is -2.14. The fraction of sp³-hybridized carbons (Fsp3) is 0.0833. The highest BCUT2D eigenvalue weighted by atomic mass is 32.2. The minimum absolute atomic E-state index is 0.0997. The van der Waals surface area contributed by atoms with Crippen LogP contribution in [0.25, 0.3) is 6.08 Å². The Morgan fingerprint density at radius 2 is 1.73 bits per heavy atom. The predicted molar refractivity (Wildman–Crippen MR) is 72.5 cm³/mol. The zero-order valence-corrected chi connectivity index (χ0v) is 11.9. The second-order valence-electron chi connectivity index (χ2n) is 4.18. The van der Waals surface area contributed by atoms with E-state index in [9.17, 15) is 22.8 Å². The molecular weight excluding hydrogens is 316 g/mol. The molecule has 0 saturated carbocycles. The molecule has 1 saturated heterocycles. The number of urea groups is 1. The summed E-state index contributed by atoms with van der Waals surface area (Å²) >= 11 is 0. The van der Waals surface area contributed by atoms with Gasteiger partial charge in [0.1, 0.15) is 16.2 Å². The van der Waals surface area contributed by atoms with E-state index in [4.69, 9.17) is 9.29 Å². The zero-order chi connectivity index (χ0) is 16.5. The van der Waals surface area contributed by atoms with Crippen molar-refractivity contribution in [1.82, 2.24) is 10.6 Å². The average molecular weight is 326 g/mol. The van der Waals surface area contributed by atoms with Crippen molar-refractivity contribution < 1.29 is 32.1 Å². The summed E-state index contributed by atoms with van der Waals surface area (Å²) in [7, 11) is -3.34. The van der Waals surface area contributed by atoms with Crippen molar-refractivity contribution in [3.8, 4) is 5.75 Å². The van der Waals surface area contributed by atoms with Crippen LogP contribution in [0, 0.1) is 0 Å². The van der Waals surface area contributed by atoms with Gasteiger partial charge in [-0.05, 0) is 23.8 Å². The molecule has 1 heterocycles. The smallest absolute Gasteiger partial charge is 0.328 e. The SMILES string of the molecule is COc1ccc(C=C2C(=O)NC(=O)NC2=O)cc1S(=O)(=O)O. The molecule has 116 valence electrons. The fourth-order valence-corrected chi connectivity index (χ4v) is 2.45. The summed E-state index contributed by atoms with van der Waals surface area (Å²) in [5.74, 6) is -1.94. The predicted octanol–water partition coefficient (Wildman–Crippen LogP) is -0.309. The van der Waals surface area contributed by atoms with Crippen LogP contribution in [0.3, 0.4) is 0 Å². The van der Waals surface area contributed by atoms with Gasteiger partial charge >= 0.3 is 6.03 Å². The number of hydrogen-bond donors (Lipinski definition) is 3. The molecule has 0 unspecified atom stereocenters. The molecular formula is C12H10N2O7S. The maximum atomic E-state index is 11.6. The number of carbonyl (C=O) groups is 3. The van der Waals surface area contributed by atoms with E-state index >= 15 is 0 Å². The molecule has 1 aromatic carbocycles. The van der Waals surface area contributed by atoms with Crippen LogP contribution in [0.5, 0.6) is 5.75 Å². The first-order chi connectivity index (χ1) is 10.2. The Labute approximate surface area is 124 Å². The number of ether oxygens (including phenoxy) is 1. The van der Waals surface area contributed by atoms with Crippen LogP contribution in [-0.4, -0.2) is 37.9 Å². The molecule has 2 rings (SSSR count). The minimum atomic E-state index is -4.55. The molecule has 0 spiro atoms. The number of carbonyl (C=O) groups excluding carboxylic acids is 3. The molecule has 0 radical (unpaired) electrons. The van der Waals surface area contributed by atoms with E-state index in [1.807, 2.05) is 10.6 Å². The first-order valence-electron chi connectivity index (χ1n) is 5.76. The van der Waals surface area contributed by atoms with Crippen molar-refractivity contribution in [2.24, 2.45) is 0 Å². The maximum absolute atomic E-state index is 11.6. The summed E-state index contributed by atoms with van der Waals surface area (Å²) in [5, 5.41) is 3.75. The Morgan fingerprint density at radius 1 is 1.14 bits per heavy atom. The van der Waals surface area contributed by atoms with Crippen LogP contribution in [-0.2, 0) is 19.7 Å². The van der Waals surface area contributed by atoms with Gasteiger partial charge in [0.05, 0.1) is 7.11 Å². The molecule has 9 nitrogen and oxygen atoms in total. The highest BCUT2D eigenvalue weighted by Gasteiger charge is 2.28. The third-order valence-electron chi connectivity index (χ3n) is 2.72. The lowest BCUT2D eigenvalue weighted by atomic mass is 10.1. The van der Waals surface area contributed by atoms with E-state index in [1.54, 1.807) is 0 Å². The Bertz CT molecular complexity index is 789. The summed E-state index contributed by atoms with van der Waals surface area (Å²) in [5.41, 5.74) is -0.242. The number of benzene rings is 1. The molecule has 3 N–H and O–H groups in total. The van der Waals surface area contributed by atoms with Crippen LogP contribution < -0.4 is 15.4 Å². The van der Waals surface area contributed by atoms with Crippen molar-refractivity contribution in [3.05, 3.63) is 29.3 Å². The first-order valence-corrected chi connectivity index (χ1v) is 7.20. The number of imide groups is 2. The number of barbiturate groups is 1. The van der Waals surface area contributed by atoms with Gasteiger partial charge in [-0.3, -0.25) is 24.8 Å². The lowest BCUT2D eigenvalue weighted by molar-refractivity contribution is -0.123. The molecule has 1 aliphatic heterocycles. The third kappa shape index (κ3) is 3.13. The zero-order valence-electron chi connectivity index (χ0n) is 11.1. The van der Waals surface area contributed by atoms with Gasteiger partial charge in [-0.15, -0.1) is 0 Å². The molecule has 0 bridgehead atoms. The van der Waals surface area contributed by atoms with Crippen LogP contribution in [0.2, 0.25) is 0 Å². The lowest BCUT2D eigenvalue weighted by Crippen LogP contribution is -2.51. The Balaban J connectivity index is 2.50. The molecule has 1 aromatic rings. The largest absolute Gasteiger partial charge is 0.495 e. The minimum Gasteiger partial charge on any atom is -0.495 e. The molecule has 1 fully saturated rings. The maximum Gasteiger partial charge on any atom is 0.328 e. The number of hydrogen-bond acceptors (Lipinski definition) is 6. The van der Waals surface area contributed by atoms with E-state index < -0.39 is 32.9 Å². The molecule has 0 atom stereocenters. The van der Waals surface area contributed by atoms with Crippen molar-refractivity contribution in [3.63, 3.8) is 0 Å². The van der Waals surface area contributed by atoms with Gasteiger partial charge < -0.3 is 4.74 Å². The van der Waals surface area contributed by atoms with Gasteiger partial charge in [0, 0.05) is 0 Å². The normalized spacial score (nSPS) is 15.2. The van der Waals surface area contributed by atoms with Crippen molar-refractivity contribution >= 4 is 34.0 Å². The molecule has 0 aliphatic carbocycles. The third-order valence-corrected chi connectivity index (χ3v) is 3.59. The van der Waals surface area contributed by atoms with Crippen LogP contribution >= 0.6 is 0 Å². The van der Waals surface area contributed by atoms with Gasteiger partial charge in [-0.1, -0.05) is 6.07 Å². The van der Waals surface area contributed by atoms with Crippen molar-refractivity contribution in [2.45, 2.75) is 4.90 Å².